The zero-order chi connectivity index (χ0) is 9.90. The highest BCUT2D eigenvalue weighted by atomic mass is 16.3. The molecule has 1 aliphatic rings. The van der Waals surface area contributed by atoms with E-state index in [0.717, 1.165) is 26.1 Å². The average molecular weight is 186 g/mol. The number of rotatable bonds is 4. The van der Waals surface area contributed by atoms with Crippen molar-refractivity contribution < 1.29 is 5.11 Å². The number of likely N-dealkylation sites (N-methyl/N-ethyl adjacent to an activating group) is 1. The van der Waals surface area contributed by atoms with E-state index >= 15 is 0 Å². The molecule has 2 N–H and O–H groups in total. The molecule has 1 aliphatic heterocycles. The highest BCUT2D eigenvalue weighted by molar-refractivity contribution is 4.95. The number of nitrogens with one attached hydrogen (secondary N) is 1. The molecule has 0 radical (unpaired) electrons. The van der Waals surface area contributed by atoms with Gasteiger partial charge in [-0.3, -0.25) is 0 Å². The summed E-state index contributed by atoms with van der Waals surface area (Å²) in [4.78, 5) is 2.43. The van der Waals surface area contributed by atoms with Gasteiger partial charge < -0.3 is 15.3 Å². The molecule has 0 aromatic heterocycles. The monoisotopic (exact) mass is 186 g/mol. The van der Waals surface area contributed by atoms with Crippen molar-refractivity contribution in [3.63, 3.8) is 0 Å². The van der Waals surface area contributed by atoms with Gasteiger partial charge in [0.25, 0.3) is 0 Å². The smallest absolute Gasteiger partial charge is 0.0626 e. The fourth-order valence-corrected chi connectivity index (χ4v) is 2.04. The molecule has 1 atom stereocenters. The number of aliphatic hydroxyl groups excluding tert-OH is 1. The molecule has 0 amide bonds. The van der Waals surface area contributed by atoms with Gasteiger partial charge in [0.15, 0.2) is 0 Å². The first-order valence-corrected chi connectivity index (χ1v) is 5.14. The minimum absolute atomic E-state index is 0.0328. The third kappa shape index (κ3) is 2.66. The van der Waals surface area contributed by atoms with Crippen molar-refractivity contribution in [2.24, 2.45) is 5.92 Å². The van der Waals surface area contributed by atoms with Crippen LogP contribution in [0.5, 0.6) is 0 Å². The summed E-state index contributed by atoms with van der Waals surface area (Å²) >= 11 is 0. The van der Waals surface area contributed by atoms with E-state index in [1.54, 1.807) is 0 Å². The molecule has 1 saturated heterocycles. The maximum Gasteiger partial charge on any atom is 0.0626 e. The van der Waals surface area contributed by atoms with Gasteiger partial charge in [-0.15, -0.1) is 0 Å². The summed E-state index contributed by atoms with van der Waals surface area (Å²) in [5.74, 6) is 0.714. The van der Waals surface area contributed by atoms with E-state index in [1.165, 1.54) is 0 Å². The fourth-order valence-electron chi connectivity index (χ4n) is 2.04. The van der Waals surface area contributed by atoms with E-state index in [1.807, 2.05) is 7.05 Å². The van der Waals surface area contributed by atoms with Crippen LogP contribution >= 0.6 is 0 Å². The van der Waals surface area contributed by atoms with Crippen LogP contribution in [0.3, 0.4) is 0 Å². The number of likely N-dealkylation sites (tertiary alicyclic amines) is 1. The van der Waals surface area contributed by atoms with Gasteiger partial charge in [0.1, 0.15) is 0 Å². The summed E-state index contributed by atoms with van der Waals surface area (Å²) in [7, 11) is 1.94. The molecule has 1 fully saturated rings. The third-order valence-electron chi connectivity index (χ3n) is 2.89. The summed E-state index contributed by atoms with van der Waals surface area (Å²) in [5, 5.41) is 12.5. The van der Waals surface area contributed by atoms with Crippen LogP contribution in [0.15, 0.2) is 0 Å². The van der Waals surface area contributed by atoms with E-state index < -0.39 is 0 Å². The first-order valence-electron chi connectivity index (χ1n) is 5.14. The minimum atomic E-state index is -0.0328. The lowest BCUT2D eigenvalue weighted by Gasteiger charge is -2.27. The van der Waals surface area contributed by atoms with Crippen LogP contribution in [0, 0.1) is 5.92 Å². The van der Waals surface area contributed by atoms with Crippen molar-refractivity contribution in [2.75, 3.05) is 33.3 Å². The van der Waals surface area contributed by atoms with Crippen LogP contribution in [0.25, 0.3) is 0 Å². The molecule has 0 spiro atoms. The average Bonchev–Trinajstić information content (AvgIpc) is 2.48. The molecule has 1 unspecified atom stereocenters. The van der Waals surface area contributed by atoms with Crippen molar-refractivity contribution in [3.8, 4) is 0 Å². The molecule has 0 aromatic rings. The molecule has 0 saturated carbocycles. The van der Waals surface area contributed by atoms with E-state index in [0.29, 0.717) is 5.92 Å². The van der Waals surface area contributed by atoms with Gasteiger partial charge in [-0.05, 0) is 19.4 Å². The molecular formula is C10H22N2O. The lowest BCUT2D eigenvalue weighted by molar-refractivity contribution is 0.165. The number of nitrogens with zero attached hydrogens (tertiary/aromatic N) is 1. The normalized spacial score (nSPS) is 30.2. The van der Waals surface area contributed by atoms with Crippen LogP contribution in [-0.4, -0.2) is 48.8 Å². The quantitative estimate of drug-likeness (QED) is 0.663. The van der Waals surface area contributed by atoms with Crippen molar-refractivity contribution >= 4 is 0 Å². The van der Waals surface area contributed by atoms with Gasteiger partial charge in [-0.1, -0.05) is 13.8 Å². The molecule has 1 rings (SSSR count). The summed E-state index contributed by atoms with van der Waals surface area (Å²) in [6, 6.07) is 0. The Kier molecular flexibility index (Phi) is 3.71. The SMILES string of the molecule is CNC1(CO)CCN(CC(C)C)C1. The topological polar surface area (TPSA) is 35.5 Å². The fraction of sp³-hybridized carbons (Fsp3) is 1.00. The van der Waals surface area contributed by atoms with Crippen LogP contribution in [0.4, 0.5) is 0 Å². The maximum atomic E-state index is 9.28. The first-order chi connectivity index (χ1) is 6.12. The van der Waals surface area contributed by atoms with Crippen LogP contribution in [0.2, 0.25) is 0 Å². The molecular weight excluding hydrogens is 164 g/mol. The molecule has 13 heavy (non-hydrogen) atoms. The Morgan fingerprint density at radius 3 is 2.62 bits per heavy atom. The Morgan fingerprint density at radius 2 is 2.23 bits per heavy atom. The third-order valence-corrected chi connectivity index (χ3v) is 2.89. The highest BCUT2D eigenvalue weighted by Gasteiger charge is 2.35. The predicted molar refractivity (Wildman–Crippen MR) is 54.8 cm³/mol. The number of aliphatic hydroxyl groups is 1. The molecule has 3 heteroatoms. The Morgan fingerprint density at radius 1 is 1.54 bits per heavy atom. The summed E-state index contributed by atoms with van der Waals surface area (Å²) in [6.07, 6.45) is 1.06. The molecule has 0 bridgehead atoms. The zero-order valence-electron chi connectivity index (χ0n) is 9.01. The van der Waals surface area contributed by atoms with E-state index in [4.69, 9.17) is 0 Å². The van der Waals surface area contributed by atoms with Crippen molar-refractivity contribution in [1.29, 1.82) is 0 Å². The van der Waals surface area contributed by atoms with Crippen LogP contribution in [0.1, 0.15) is 20.3 Å². The Bertz CT molecular complexity index is 155. The number of hydrogen-bond donors (Lipinski definition) is 2. The second-order valence-corrected chi connectivity index (χ2v) is 4.57. The highest BCUT2D eigenvalue weighted by Crippen LogP contribution is 2.20. The molecule has 1 heterocycles. The summed E-state index contributed by atoms with van der Waals surface area (Å²) in [6.45, 7) is 7.95. The first kappa shape index (κ1) is 11.0. The van der Waals surface area contributed by atoms with Gasteiger partial charge in [-0.2, -0.15) is 0 Å². The summed E-state index contributed by atoms with van der Waals surface area (Å²) in [5.41, 5.74) is -0.0328. The van der Waals surface area contributed by atoms with E-state index in [-0.39, 0.29) is 12.1 Å². The standard InChI is InChI=1S/C10H22N2O/c1-9(2)6-12-5-4-10(7-12,8-13)11-3/h9,11,13H,4-8H2,1-3H3. The Balaban J connectivity index is 2.42. The molecule has 78 valence electrons. The molecule has 3 nitrogen and oxygen atoms in total. The van der Waals surface area contributed by atoms with Gasteiger partial charge in [0, 0.05) is 19.6 Å². The lowest BCUT2D eigenvalue weighted by Crippen LogP contribution is -2.48. The van der Waals surface area contributed by atoms with Gasteiger partial charge in [-0.25, -0.2) is 0 Å². The van der Waals surface area contributed by atoms with Crippen LogP contribution < -0.4 is 5.32 Å². The van der Waals surface area contributed by atoms with Gasteiger partial charge in [0.2, 0.25) is 0 Å². The van der Waals surface area contributed by atoms with Crippen molar-refractivity contribution in [2.45, 2.75) is 25.8 Å². The van der Waals surface area contributed by atoms with E-state index in [9.17, 15) is 5.11 Å². The maximum absolute atomic E-state index is 9.28. The van der Waals surface area contributed by atoms with E-state index in [2.05, 4.69) is 24.1 Å². The molecule has 0 aliphatic carbocycles. The molecule has 0 aromatic carbocycles. The van der Waals surface area contributed by atoms with Crippen molar-refractivity contribution in [1.82, 2.24) is 10.2 Å². The van der Waals surface area contributed by atoms with Gasteiger partial charge in [0.05, 0.1) is 12.1 Å². The second kappa shape index (κ2) is 4.40. The second-order valence-electron chi connectivity index (χ2n) is 4.57. The summed E-state index contributed by atoms with van der Waals surface area (Å²) < 4.78 is 0. The van der Waals surface area contributed by atoms with Gasteiger partial charge >= 0.3 is 0 Å². The Labute approximate surface area is 81.1 Å². The minimum Gasteiger partial charge on any atom is -0.394 e. The zero-order valence-corrected chi connectivity index (χ0v) is 9.01. The Hall–Kier alpha value is -0.120. The number of hydrogen-bond acceptors (Lipinski definition) is 3. The lowest BCUT2D eigenvalue weighted by atomic mass is 10.0. The largest absolute Gasteiger partial charge is 0.394 e. The van der Waals surface area contributed by atoms with Crippen LogP contribution in [-0.2, 0) is 0 Å². The van der Waals surface area contributed by atoms with Crippen molar-refractivity contribution in [3.05, 3.63) is 0 Å². The predicted octanol–water partition coefficient (Wildman–Crippen LogP) is 0.299.